The Balaban J connectivity index is 3.46. The SMILES string of the molecule is CNC(=S)OCC(C)(C)C. The van der Waals surface area contributed by atoms with Crippen LogP contribution in [-0.4, -0.2) is 18.8 Å². The Morgan fingerprint density at radius 1 is 1.50 bits per heavy atom. The van der Waals surface area contributed by atoms with E-state index < -0.39 is 0 Å². The summed E-state index contributed by atoms with van der Waals surface area (Å²) in [4.78, 5) is 0. The van der Waals surface area contributed by atoms with Gasteiger partial charge >= 0.3 is 0 Å². The Morgan fingerprint density at radius 3 is 2.30 bits per heavy atom. The molecule has 0 aromatic heterocycles. The highest BCUT2D eigenvalue weighted by Gasteiger charge is 2.10. The van der Waals surface area contributed by atoms with Gasteiger partial charge in [0.05, 0.1) is 6.61 Å². The molecule has 0 unspecified atom stereocenters. The second kappa shape index (κ2) is 3.76. The fourth-order valence-corrected chi connectivity index (χ4v) is 0.413. The van der Waals surface area contributed by atoms with Gasteiger partial charge in [0.15, 0.2) is 0 Å². The fraction of sp³-hybridized carbons (Fsp3) is 0.857. The Bertz CT molecular complexity index is 117. The summed E-state index contributed by atoms with van der Waals surface area (Å²) in [5.41, 5.74) is 0.181. The van der Waals surface area contributed by atoms with E-state index in [4.69, 9.17) is 17.0 Å². The summed E-state index contributed by atoms with van der Waals surface area (Å²) in [5.74, 6) is 0. The highest BCUT2D eigenvalue weighted by molar-refractivity contribution is 7.80. The number of nitrogens with one attached hydrogen (secondary N) is 1. The van der Waals surface area contributed by atoms with Crippen molar-refractivity contribution >= 4 is 17.4 Å². The first-order valence-electron chi connectivity index (χ1n) is 3.30. The number of ether oxygens (including phenoxy) is 1. The van der Waals surface area contributed by atoms with Crippen LogP contribution in [-0.2, 0) is 4.74 Å². The minimum atomic E-state index is 0.181. The van der Waals surface area contributed by atoms with Crippen molar-refractivity contribution in [2.75, 3.05) is 13.7 Å². The minimum Gasteiger partial charge on any atom is -0.471 e. The maximum absolute atomic E-state index is 5.18. The normalized spacial score (nSPS) is 10.8. The van der Waals surface area contributed by atoms with Gasteiger partial charge in [-0.05, 0) is 17.6 Å². The molecule has 0 spiro atoms. The molecule has 2 nitrogen and oxygen atoms in total. The van der Waals surface area contributed by atoms with E-state index in [1.807, 2.05) is 0 Å². The molecule has 0 rings (SSSR count). The first kappa shape index (κ1) is 9.69. The first-order chi connectivity index (χ1) is 4.45. The van der Waals surface area contributed by atoms with Crippen LogP contribution in [0.25, 0.3) is 0 Å². The largest absolute Gasteiger partial charge is 0.471 e. The third-order valence-corrected chi connectivity index (χ3v) is 1.16. The molecule has 10 heavy (non-hydrogen) atoms. The zero-order chi connectivity index (χ0) is 8.20. The van der Waals surface area contributed by atoms with Gasteiger partial charge in [0.2, 0.25) is 0 Å². The van der Waals surface area contributed by atoms with E-state index in [2.05, 4.69) is 26.1 Å². The predicted octanol–water partition coefficient (Wildman–Crippen LogP) is 1.55. The number of hydrogen-bond donors (Lipinski definition) is 1. The molecular weight excluding hydrogens is 146 g/mol. The lowest BCUT2D eigenvalue weighted by atomic mass is 9.99. The molecule has 0 amide bonds. The lowest BCUT2D eigenvalue weighted by Gasteiger charge is -2.18. The topological polar surface area (TPSA) is 21.3 Å². The van der Waals surface area contributed by atoms with Crippen molar-refractivity contribution in [3.05, 3.63) is 0 Å². The van der Waals surface area contributed by atoms with Crippen molar-refractivity contribution < 1.29 is 4.74 Å². The maximum Gasteiger partial charge on any atom is 0.256 e. The minimum absolute atomic E-state index is 0.181. The van der Waals surface area contributed by atoms with E-state index >= 15 is 0 Å². The molecular formula is C7H15NOS. The maximum atomic E-state index is 5.18. The van der Waals surface area contributed by atoms with Gasteiger partial charge < -0.3 is 10.1 Å². The van der Waals surface area contributed by atoms with E-state index in [1.54, 1.807) is 7.05 Å². The molecule has 0 saturated carbocycles. The van der Waals surface area contributed by atoms with Gasteiger partial charge in [0.1, 0.15) is 0 Å². The number of rotatable bonds is 1. The van der Waals surface area contributed by atoms with E-state index in [9.17, 15) is 0 Å². The lowest BCUT2D eigenvalue weighted by Crippen LogP contribution is -2.24. The Morgan fingerprint density at radius 2 is 2.00 bits per heavy atom. The fourth-order valence-electron chi connectivity index (χ4n) is 0.354. The van der Waals surface area contributed by atoms with Crippen LogP contribution in [0.2, 0.25) is 0 Å². The van der Waals surface area contributed by atoms with Crippen LogP contribution in [0.1, 0.15) is 20.8 Å². The van der Waals surface area contributed by atoms with Crippen LogP contribution < -0.4 is 5.32 Å². The lowest BCUT2D eigenvalue weighted by molar-refractivity contribution is 0.186. The van der Waals surface area contributed by atoms with Gasteiger partial charge in [-0.25, -0.2) is 0 Å². The Kier molecular flexibility index (Phi) is 3.64. The molecule has 1 N–H and O–H groups in total. The zero-order valence-corrected chi connectivity index (χ0v) is 7.84. The molecule has 0 radical (unpaired) electrons. The van der Waals surface area contributed by atoms with E-state index in [1.165, 1.54) is 0 Å². The van der Waals surface area contributed by atoms with Gasteiger partial charge in [0, 0.05) is 7.05 Å². The van der Waals surface area contributed by atoms with E-state index in [-0.39, 0.29) is 5.41 Å². The molecule has 0 aliphatic rings. The smallest absolute Gasteiger partial charge is 0.256 e. The van der Waals surface area contributed by atoms with Gasteiger partial charge in [-0.3, -0.25) is 0 Å². The van der Waals surface area contributed by atoms with Crippen LogP contribution in [0.5, 0.6) is 0 Å². The molecule has 0 aromatic rings. The summed E-state index contributed by atoms with van der Waals surface area (Å²) >= 11 is 4.79. The third-order valence-electron chi connectivity index (χ3n) is 0.840. The summed E-state index contributed by atoms with van der Waals surface area (Å²) in [7, 11) is 1.75. The predicted molar refractivity (Wildman–Crippen MR) is 47.1 cm³/mol. The van der Waals surface area contributed by atoms with Gasteiger partial charge in [-0.2, -0.15) is 0 Å². The second-order valence-electron chi connectivity index (χ2n) is 3.39. The van der Waals surface area contributed by atoms with Crippen LogP contribution >= 0.6 is 12.2 Å². The molecule has 3 heteroatoms. The quantitative estimate of drug-likeness (QED) is 0.590. The zero-order valence-electron chi connectivity index (χ0n) is 7.02. The first-order valence-corrected chi connectivity index (χ1v) is 3.71. The molecule has 0 saturated heterocycles. The van der Waals surface area contributed by atoms with Crippen LogP contribution in [0.15, 0.2) is 0 Å². The van der Waals surface area contributed by atoms with Crippen molar-refractivity contribution in [2.45, 2.75) is 20.8 Å². The Hall–Kier alpha value is -0.310. The van der Waals surface area contributed by atoms with Crippen molar-refractivity contribution in [3.63, 3.8) is 0 Å². The molecule has 0 bridgehead atoms. The van der Waals surface area contributed by atoms with Crippen LogP contribution in [0, 0.1) is 5.41 Å². The van der Waals surface area contributed by atoms with Crippen LogP contribution in [0.4, 0.5) is 0 Å². The molecule has 0 aliphatic heterocycles. The van der Waals surface area contributed by atoms with Crippen LogP contribution in [0.3, 0.4) is 0 Å². The average molecular weight is 161 g/mol. The monoisotopic (exact) mass is 161 g/mol. The highest BCUT2D eigenvalue weighted by atomic mass is 32.1. The van der Waals surface area contributed by atoms with Gasteiger partial charge in [-0.15, -0.1) is 0 Å². The van der Waals surface area contributed by atoms with Crippen molar-refractivity contribution in [3.8, 4) is 0 Å². The van der Waals surface area contributed by atoms with Crippen molar-refractivity contribution in [1.82, 2.24) is 5.32 Å². The second-order valence-corrected chi connectivity index (χ2v) is 3.76. The molecule has 0 fully saturated rings. The standard InChI is InChI=1S/C7H15NOS/c1-7(2,3)5-9-6(10)8-4/h5H2,1-4H3,(H,8,10). The summed E-state index contributed by atoms with van der Waals surface area (Å²) in [6.07, 6.45) is 0. The summed E-state index contributed by atoms with van der Waals surface area (Å²) in [6, 6.07) is 0. The molecule has 0 aromatic carbocycles. The van der Waals surface area contributed by atoms with Gasteiger partial charge in [0.25, 0.3) is 5.17 Å². The van der Waals surface area contributed by atoms with E-state index in [0.717, 1.165) is 0 Å². The van der Waals surface area contributed by atoms with Gasteiger partial charge in [-0.1, -0.05) is 20.8 Å². The molecule has 0 heterocycles. The summed E-state index contributed by atoms with van der Waals surface area (Å²) in [5, 5.41) is 3.21. The molecule has 60 valence electrons. The molecule has 0 atom stereocenters. The third kappa shape index (κ3) is 5.82. The Labute approximate surface area is 68.0 Å². The summed E-state index contributed by atoms with van der Waals surface area (Å²) < 4.78 is 5.18. The highest BCUT2D eigenvalue weighted by Crippen LogP contribution is 2.12. The molecule has 0 aliphatic carbocycles. The average Bonchev–Trinajstić information content (AvgIpc) is 1.81. The van der Waals surface area contributed by atoms with Crippen molar-refractivity contribution in [1.29, 1.82) is 0 Å². The van der Waals surface area contributed by atoms with E-state index in [0.29, 0.717) is 11.8 Å². The van der Waals surface area contributed by atoms with Crippen molar-refractivity contribution in [2.24, 2.45) is 5.41 Å². The summed E-state index contributed by atoms with van der Waals surface area (Å²) in [6.45, 7) is 6.97. The number of hydrogen-bond acceptors (Lipinski definition) is 2. The number of thiocarbonyl (C=S) groups is 1.